The van der Waals surface area contributed by atoms with E-state index in [0.29, 0.717) is 12.3 Å². The number of nitrogens with zero attached hydrogens (tertiary/aromatic N) is 2. The molecule has 0 spiro atoms. The van der Waals surface area contributed by atoms with E-state index >= 15 is 0 Å². The molecule has 152 valence electrons. The first-order chi connectivity index (χ1) is 13.1. The molecule has 1 aromatic carbocycles. The van der Waals surface area contributed by atoms with E-state index in [2.05, 4.69) is 21.7 Å². The van der Waals surface area contributed by atoms with Gasteiger partial charge in [0.15, 0.2) is 6.61 Å². The third kappa shape index (κ3) is 6.19. The maximum atomic E-state index is 12.2. The number of piperidine rings is 1. The van der Waals surface area contributed by atoms with E-state index in [0.717, 1.165) is 13.1 Å². The highest BCUT2D eigenvalue weighted by Crippen LogP contribution is 2.27. The van der Waals surface area contributed by atoms with Crippen molar-refractivity contribution in [3.8, 4) is 5.75 Å². The minimum absolute atomic E-state index is 0. The zero-order valence-electron chi connectivity index (χ0n) is 15.4. The van der Waals surface area contributed by atoms with Crippen molar-refractivity contribution in [2.24, 2.45) is 0 Å². The molecule has 9 heteroatoms. The largest absolute Gasteiger partial charge is 0.484 e. The zero-order chi connectivity index (χ0) is 19.1. The summed E-state index contributed by atoms with van der Waals surface area (Å²) in [5, 5.41) is 15.7. The van der Waals surface area contributed by atoms with E-state index in [9.17, 15) is 14.9 Å². The fourth-order valence-corrected chi connectivity index (χ4v) is 4.06. The molecule has 1 atom stereocenters. The van der Waals surface area contributed by atoms with Crippen molar-refractivity contribution in [1.29, 1.82) is 0 Å². The number of likely N-dealkylation sites (tertiary alicyclic amines) is 1. The molecule has 0 saturated carbocycles. The van der Waals surface area contributed by atoms with Gasteiger partial charge >= 0.3 is 0 Å². The summed E-state index contributed by atoms with van der Waals surface area (Å²) >= 11 is 1.71. The Morgan fingerprint density at radius 3 is 2.54 bits per heavy atom. The summed E-state index contributed by atoms with van der Waals surface area (Å²) in [7, 11) is 0. The van der Waals surface area contributed by atoms with Crippen LogP contribution in [-0.4, -0.2) is 42.0 Å². The van der Waals surface area contributed by atoms with Crippen LogP contribution >= 0.6 is 23.7 Å². The zero-order valence-corrected chi connectivity index (χ0v) is 17.0. The Bertz CT molecular complexity index is 749. The van der Waals surface area contributed by atoms with Crippen LogP contribution in [0.3, 0.4) is 0 Å². The van der Waals surface area contributed by atoms with Crippen molar-refractivity contribution in [3.63, 3.8) is 0 Å². The van der Waals surface area contributed by atoms with Crippen molar-refractivity contribution in [1.82, 2.24) is 10.2 Å². The summed E-state index contributed by atoms with van der Waals surface area (Å²) in [5.41, 5.74) is -0.00729. The number of carbonyl (C=O) groups is 1. The van der Waals surface area contributed by atoms with Crippen LogP contribution in [0.2, 0.25) is 0 Å². The minimum Gasteiger partial charge on any atom is -0.484 e. The number of benzene rings is 1. The average molecular weight is 426 g/mol. The Balaban J connectivity index is 0.00000280. The average Bonchev–Trinajstić information content (AvgIpc) is 3.22. The van der Waals surface area contributed by atoms with E-state index in [4.69, 9.17) is 4.74 Å². The molecule has 1 N–H and O–H groups in total. The highest BCUT2D eigenvalue weighted by atomic mass is 35.5. The summed E-state index contributed by atoms with van der Waals surface area (Å²) in [6.45, 7) is 2.54. The molecule has 1 fully saturated rings. The van der Waals surface area contributed by atoms with Gasteiger partial charge < -0.3 is 10.1 Å². The van der Waals surface area contributed by atoms with Gasteiger partial charge in [-0.05, 0) is 49.5 Å². The highest BCUT2D eigenvalue weighted by Gasteiger charge is 2.23. The molecule has 2 aromatic rings. The number of hydrogen-bond donors (Lipinski definition) is 1. The Labute approximate surface area is 174 Å². The molecule has 28 heavy (non-hydrogen) atoms. The fourth-order valence-electron chi connectivity index (χ4n) is 3.20. The summed E-state index contributed by atoms with van der Waals surface area (Å²) in [6.07, 6.45) is 3.65. The van der Waals surface area contributed by atoms with Crippen LogP contribution in [0.25, 0.3) is 0 Å². The van der Waals surface area contributed by atoms with Crippen molar-refractivity contribution in [2.45, 2.75) is 25.3 Å². The monoisotopic (exact) mass is 425 g/mol. The van der Waals surface area contributed by atoms with Gasteiger partial charge in [0.1, 0.15) is 5.75 Å². The Morgan fingerprint density at radius 2 is 1.93 bits per heavy atom. The lowest BCUT2D eigenvalue weighted by Gasteiger charge is -2.34. The lowest BCUT2D eigenvalue weighted by Crippen LogP contribution is -2.41. The molecule has 1 unspecified atom stereocenters. The number of amides is 1. The lowest BCUT2D eigenvalue weighted by atomic mass is 10.1. The molecule has 3 rings (SSSR count). The Morgan fingerprint density at radius 1 is 1.21 bits per heavy atom. The quantitative estimate of drug-likeness (QED) is 0.513. The van der Waals surface area contributed by atoms with Gasteiger partial charge in [0.2, 0.25) is 0 Å². The molecular weight excluding hydrogens is 402 g/mol. The molecule has 0 radical (unpaired) electrons. The molecule has 1 aliphatic rings. The predicted molar refractivity (Wildman–Crippen MR) is 111 cm³/mol. The van der Waals surface area contributed by atoms with Crippen LogP contribution in [0.4, 0.5) is 5.69 Å². The normalized spacial score (nSPS) is 15.3. The Kier molecular flexibility index (Phi) is 8.69. The standard InChI is InChI=1S/C19H23N3O4S.ClH/c23-19(14-26-16-8-6-15(7-9-16)22(24)25)20-13-17(18-5-4-12-27-18)21-10-2-1-3-11-21;/h4-9,12,17H,1-3,10-11,13-14H2,(H,20,23);1H. The smallest absolute Gasteiger partial charge is 0.269 e. The number of nitro benzene ring substituents is 1. The SMILES string of the molecule is Cl.O=C(COc1ccc([N+](=O)[O-])cc1)NCC(c1cccs1)N1CCCCC1. The lowest BCUT2D eigenvalue weighted by molar-refractivity contribution is -0.384. The van der Waals surface area contributed by atoms with Crippen molar-refractivity contribution in [2.75, 3.05) is 26.2 Å². The van der Waals surface area contributed by atoms with Crippen LogP contribution in [-0.2, 0) is 4.79 Å². The van der Waals surface area contributed by atoms with Gasteiger partial charge in [-0.15, -0.1) is 23.7 Å². The molecule has 0 aliphatic carbocycles. The van der Waals surface area contributed by atoms with Crippen LogP contribution in [0.15, 0.2) is 41.8 Å². The van der Waals surface area contributed by atoms with E-state index < -0.39 is 4.92 Å². The number of ether oxygens (including phenoxy) is 1. The molecule has 1 aliphatic heterocycles. The van der Waals surface area contributed by atoms with Crippen molar-refractivity contribution < 1.29 is 14.5 Å². The van der Waals surface area contributed by atoms with Crippen LogP contribution in [0, 0.1) is 10.1 Å². The van der Waals surface area contributed by atoms with E-state index in [1.807, 2.05) is 6.07 Å². The summed E-state index contributed by atoms with van der Waals surface area (Å²) < 4.78 is 5.43. The van der Waals surface area contributed by atoms with Crippen LogP contribution < -0.4 is 10.1 Å². The predicted octanol–water partition coefficient (Wildman–Crippen LogP) is 3.80. The number of hydrogen-bond acceptors (Lipinski definition) is 6. The van der Waals surface area contributed by atoms with Crippen LogP contribution in [0.1, 0.15) is 30.2 Å². The second-order valence-electron chi connectivity index (χ2n) is 6.47. The maximum absolute atomic E-state index is 12.2. The van der Waals surface area contributed by atoms with Gasteiger partial charge in [0.25, 0.3) is 11.6 Å². The first kappa shape index (κ1) is 22.1. The molecule has 1 aromatic heterocycles. The van der Waals surface area contributed by atoms with Gasteiger partial charge in [-0.25, -0.2) is 0 Å². The maximum Gasteiger partial charge on any atom is 0.269 e. The van der Waals surface area contributed by atoms with E-state index in [-0.39, 0.29) is 36.7 Å². The number of non-ortho nitro benzene ring substituents is 1. The summed E-state index contributed by atoms with van der Waals surface area (Å²) in [4.78, 5) is 26.1. The van der Waals surface area contributed by atoms with Gasteiger partial charge in [0, 0.05) is 23.6 Å². The molecule has 7 nitrogen and oxygen atoms in total. The Hall–Kier alpha value is -2.16. The first-order valence-corrected chi connectivity index (χ1v) is 9.93. The van der Waals surface area contributed by atoms with Gasteiger partial charge in [0.05, 0.1) is 11.0 Å². The number of nitro groups is 1. The van der Waals surface area contributed by atoms with Gasteiger partial charge in [-0.1, -0.05) is 12.5 Å². The molecule has 2 heterocycles. The molecule has 1 saturated heterocycles. The molecular formula is C19H24ClN3O4S. The number of nitrogens with one attached hydrogen (secondary N) is 1. The minimum atomic E-state index is -0.470. The van der Waals surface area contributed by atoms with E-state index in [1.54, 1.807) is 11.3 Å². The number of halogens is 1. The number of thiophene rings is 1. The van der Waals surface area contributed by atoms with Gasteiger partial charge in [-0.2, -0.15) is 0 Å². The second kappa shape index (κ2) is 11.0. The molecule has 0 bridgehead atoms. The summed E-state index contributed by atoms with van der Waals surface area (Å²) in [6, 6.07) is 10.0. The topological polar surface area (TPSA) is 84.7 Å². The van der Waals surface area contributed by atoms with Crippen molar-refractivity contribution >= 4 is 35.3 Å². The highest BCUT2D eigenvalue weighted by molar-refractivity contribution is 7.10. The van der Waals surface area contributed by atoms with Crippen molar-refractivity contribution in [3.05, 3.63) is 56.8 Å². The number of carbonyl (C=O) groups excluding carboxylic acids is 1. The second-order valence-corrected chi connectivity index (χ2v) is 7.45. The third-order valence-corrected chi connectivity index (χ3v) is 5.59. The van der Waals surface area contributed by atoms with E-state index in [1.165, 1.54) is 48.4 Å². The number of rotatable bonds is 8. The fraction of sp³-hybridized carbons (Fsp3) is 0.421. The third-order valence-electron chi connectivity index (χ3n) is 4.61. The summed E-state index contributed by atoms with van der Waals surface area (Å²) in [5.74, 6) is 0.230. The van der Waals surface area contributed by atoms with Gasteiger partial charge in [-0.3, -0.25) is 19.8 Å². The first-order valence-electron chi connectivity index (χ1n) is 9.05. The van der Waals surface area contributed by atoms with Crippen LogP contribution in [0.5, 0.6) is 5.75 Å². The molecule has 1 amide bonds.